The molecule has 1 amide bonds. The Morgan fingerprint density at radius 2 is 1.76 bits per heavy atom. The largest absolute Gasteiger partial charge is 0.452 e. The van der Waals surface area contributed by atoms with Gasteiger partial charge in [-0.05, 0) is 80.0 Å². The van der Waals surface area contributed by atoms with Gasteiger partial charge in [-0.2, -0.15) is 0 Å². The predicted octanol–water partition coefficient (Wildman–Crippen LogP) is 3.98. The molecule has 1 aliphatic carbocycles. The van der Waals surface area contributed by atoms with Gasteiger partial charge in [0, 0.05) is 5.69 Å². The number of anilines is 1. The molecule has 0 aliphatic heterocycles. The van der Waals surface area contributed by atoms with Gasteiger partial charge in [-0.3, -0.25) is 4.79 Å². The number of aryl methyl sites for hydroxylation is 4. The summed E-state index contributed by atoms with van der Waals surface area (Å²) in [5.41, 5.74) is 5.83. The van der Waals surface area contributed by atoms with E-state index in [-0.39, 0.29) is 12.5 Å². The highest BCUT2D eigenvalue weighted by atomic mass is 16.5. The lowest BCUT2D eigenvalue weighted by Crippen LogP contribution is -2.21. The minimum Gasteiger partial charge on any atom is -0.452 e. The fourth-order valence-corrected chi connectivity index (χ4v) is 3.13. The zero-order valence-electron chi connectivity index (χ0n) is 14.7. The number of rotatable bonds is 4. The van der Waals surface area contributed by atoms with Crippen LogP contribution in [-0.4, -0.2) is 18.5 Å². The minimum atomic E-state index is -0.454. The molecule has 0 atom stereocenters. The van der Waals surface area contributed by atoms with E-state index < -0.39 is 5.97 Å². The first-order valence-electron chi connectivity index (χ1n) is 8.69. The molecule has 1 aliphatic rings. The van der Waals surface area contributed by atoms with Crippen LogP contribution in [0.1, 0.15) is 45.5 Å². The summed E-state index contributed by atoms with van der Waals surface area (Å²) in [4.78, 5) is 24.3. The second-order valence-corrected chi connectivity index (χ2v) is 6.63. The Hall–Kier alpha value is -2.62. The number of ether oxygens (including phenoxy) is 1. The predicted molar refractivity (Wildman–Crippen MR) is 97.9 cm³/mol. The van der Waals surface area contributed by atoms with Crippen molar-refractivity contribution in [2.75, 3.05) is 11.9 Å². The Morgan fingerprint density at radius 1 is 1.00 bits per heavy atom. The van der Waals surface area contributed by atoms with Crippen molar-refractivity contribution in [3.63, 3.8) is 0 Å². The summed E-state index contributed by atoms with van der Waals surface area (Å²) in [6.45, 7) is 3.60. The molecule has 130 valence electrons. The molecular weight excluding hydrogens is 314 g/mol. The number of carbonyl (C=O) groups excluding carboxylic acids is 2. The number of nitrogens with one attached hydrogen (secondary N) is 1. The van der Waals surface area contributed by atoms with Crippen molar-refractivity contribution >= 4 is 17.6 Å². The molecule has 3 rings (SSSR count). The summed E-state index contributed by atoms with van der Waals surface area (Å²) in [7, 11) is 0. The minimum absolute atomic E-state index is 0.288. The van der Waals surface area contributed by atoms with E-state index in [1.54, 1.807) is 6.07 Å². The number of hydrogen-bond donors (Lipinski definition) is 1. The van der Waals surface area contributed by atoms with Crippen LogP contribution in [0.15, 0.2) is 36.4 Å². The maximum Gasteiger partial charge on any atom is 0.338 e. The van der Waals surface area contributed by atoms with E-state index in [1.807, 2.05) is 44.2 Å². The van der Waals surface area contributed by atoms with Gasteiger partial charge in [-0.25, -0.2) is 4.79 Å². The highest BCUT2D eigenvalue weighted by Crippen LogP contribution is 2.22. The third kappa shape index (κ3) is 4.27. The SMILES string of the molecule is Cc1ccc(C)c(NC(=O)COC(=O)c2ccc3c(c2)CCCC3)c1. The van der Waals surface area contributed by atoms with E-state index in [0.29, 0.717) is 5.56 Å². The van der Waals surface area contributed by atoms with Crippen molar-refractivity contribution in [1.29, 1.82) is 0 Å². The van der Waals surface area contributed by atoms with Gasteiger partial charge in [0.2, 0.25) is 0 Å². The van der Waals surface area contributed by atoms with Crippen molar-refractivity contribution in [1.82, 2.24) is 0 Å². The molecule has 1 N–H and O–H groups in total. The smallest absolute Gasteiger partial charge is 0.338 e. The summed E-state index contributed by atoms with van der Waals surface area (Å²) in [6.07, 6.45) is 4.44. The van der Waals surface area contributed by atoms with Crippen LogP contribution in [0.25, 0.3) is 0 Å². The molecule has 2 aromatic rings. The number of amides is 1. The molecule has 0 saturated carbocycles. The molecule has 0 aromatic heterocycles. The van der Waals surface area contributed by atoms with Crippen LogP contribution in [-0.2, 0) is 22.4 Å². The van der Waals surface area contributed by atoms with Crippen LogP contribution >= 0.6 is 0 Å². The van der Waals surface area contributed by atoms with E-state index in [4.69, 9.17) is 4.74 Å². The molecule has 4 heteroatoms. The first-order chi connectivity index (χ1) is 12.0. The van der Waals surface area contributed by atoms with Gasteiger partial charge < -0.3 is 10.1 Å². The fourth-order valence-electron chi connectivity index (χ4n) is 3.13. The van der Waals surface area contributed by atoms with Crippen molar-refractivity contribution in [3.8, 4) is 0 Å². The first-order valence-corrected chi connectivity index (χ1v) is 8.69. The molecule has 0 fully saturated rings. The topological polar surface area (TPSA) is 55.4 Å². The molecule has 2 aromatic carbocycles. The number of fused-ring (bicyclic) bond motifs is 1. The molecule has 25 heavy (non-hydrogen) atoms. The number of esters is 1. The zero-order valence-corrected chi connectivity index (χ0v) is 14.7. The third-order valence-electron chi connectivity index (χ3n) is 4.59. The number of carbonyl (C=O) groups is 2. The molecule has 4 nitrogen and oxygen atoms in total. The van der Waals surface area contributed by atoms with E-state index in [9.17, 15) is 9.59 Å². The van der Waals surface area contributed by atoms with Gasteiger partial charge in [-0.1, -0.05) is 18.2 Å². The fraction of sp³-hybridized carbons (Fsp3) is 0.333. The average Bonchev–Trinajstić information content (AvgIpc) is 2.62. The van der Waals surface area contributed by atoms with Gasteiger partial charge in [0.1, 0.15) is 0 Å². The highest BCUT2D eigenvalue weighted by Gasteiger charge is 2.15. The van der Waals surface area contributed by atoms with Crippen LogP contribution in [0.3, 0.4) is 0 Å². The molecule has 0 bridgehead atoms. The summed E-state index contributed by atoms with van der Waals surface area (Å²) < 4.78 is 5.17. The Labute approximate surface area is 148 Å². The van der Waals surface area contributed by atoms with Crippen molar-refractivity contribution in [3.05, 3.63) is 64.2 Å². The van der Waals surface area contributed by atoms with Gasteiger partial charge in [-0.15, -0.1) is 0 Å². The lowest BCUT2D eigenvalue weighted by atomic mass is 9.90. The molecule has 0 radical (unpaired) electrons. The number of benzene rings is 2. The van der Waals surface area contributed by atoms with Gasteiger partial charge >= 0.3 is 5.97 Å². The molecular formula is C21H23NO3. The second kappa shape index (κ2) is 7.51. The van der Waals surface area contributed by atoms with Crippen molar-refractivity contribution in [2.24, 2.45) is 0 Å². The van der Waals surface area contributed by atoms with Crippen molar-refractivity contribution in [2.45, 2.75) is 39.5 Å². The van der Waals surface area contributed by atoms with E-state index >= 15 is 0 Å². The normalized spacial score (nSPS) is 13.0. The molecule has 0 spiro atoms. The highest BCUT2D eigenvalue weighted by molar-refractivity contribution is 5.96. The van der Waals surface area contributed by atoms with Crippen LogP contribution in [0.4, 0.5) is 5.69 Å². The number of hydrogen-bond acceptors (Lipinski definition) is 3. The Morgan fingerprint density at radius 3 is 2.56 bits per heavy atom. The van der Waals surface area contributed by atoms with Crippen LogP contribution in [0.5, 0.6) is 0 Å². The summed E-state index contributed by atoms with van der Waals surface area (Å²) in [5.74, 6) is -0.788. The monoisotopic (exact) mass is 337 g/mol. The van der Waals surface area contributed by atoms with Gasteiger partial charge in [0.15, 0.2) is 6.61 Å². The Balaban J connectivity index is 1.58. The molecule has 0 heterocycles. The summed E-state index contributed by atoms with van der Waals surface area (Å²) >= 11 is 0. The van der Waals surface area contributed by atoms with Gasteiger partial charge in [0.25, 0.3) is 5.91 Å². The van der Waals surface area contributed by atoms with Crippen molar-refractivity contribution < 1.29 is 14.3 Å². The third-order valence-corrected chi connectivity index (χ3v) is 4.59. The quantitative estimate of drug-likeness (QED) is 0.859. The van der Waals surface area contributed by atoms with E-state index in [2.05, 4.69) is 5.32 Å². The zero-order chi connectivity index (χ0) is 17.8. The Kier molecular flexibility index (Phi) is 5.17. The first kappa shape index (κ1) is 17.2. The maximum absolute atomic E-state index is 12.2. The van der Waals surface area contributed by atoms with Crippen LogP contribution in [0, 0.1) is 13.8 Å². The average molecular weight is 337 g/mol. The van der Waals surface area contributed by atoms with Gasteiger partial charge in [0.05, 0.1) is 5.56 Å². The second-order valence-electron chi connectivity index (χ2n) is 6.63. The van der Waals surface area contributed by atoms with E-state index in [1.165, 1.54) is 17.5 Å². The van der Waals surface area contributed by atoms with E-state index in [0.717, 1.165) is 36.1 Å². The summed E-state index contributed by atoms with van der Waals surface area (Å²) in [6, 6.07) is 11.5. The summed E-state index contributed by atoms with van der Waals surface area (Å²) in [5, 5.41) is 2.79. The van der Waals surface area contributed by atoms with Crippen LogP contribution in [0.2, 0.25) is 0 Å². The maximum atomic E-state index is 12.2. The van der Waals surface area contributed by atoms with Crippen LogP contribution < -0.4 is 5.32 Å². The standard InChI is InChI=1S/C21H23NO3/c1-14-7-8-15(2)19(11-14)22-20(23)13-25-21(24)18-10-9-16-5-3-4-6-17(16)12-18/h7-12H,3-6,13H2,1-2H3,(H,22,23). The molecule has 0 saturated heterocycles. The Bertz CT molecular complexity index is 811. The lowest BCUT2D eigenvalue weighted by molar-refractivity contribution is -0.119. The lowest BCUT2D eigenvalue weighted by Gasteiger charge is -2.16. The molecule has 0 unspecified atom stereocenters.